The molecule has 5 nitrogen and oxygen atoms in total. The molecule has 0 aliphatic carbocycles. The number of nitrogens with zero attached hydrogens (tertiary/aromatic N) is 3. The van der Waals surface area contributed by atoms with Gasteiger partial charge in [0.1, 0.15) is 29.4 Å². The van der Waals surface area contributed by atoms with Gasteiger partial charge in [0.05, 0.1) is 0 Å². The molecule has 1 aromatic carbocycles. The number of hydrogen-bond donors (Lipinski definition) is 1. The van der Waals surface area contributed by atoms with Crippen molar-refractivity contribution >= 4 is 29.0 Å². The predicted octanol–water partition coefficient (Wildman–Crippen LogP) is 3.94. The Balaban J connectivity index is 1.66. The second-order valence-electron chi connectivity index (χ2n) is 6.25. The Labute approximate surface area is 157 Å². The lowest BCUT2D eigenvalue weighted by Gasteiger charge is -2.34. The number of aliphatic hydroxyl groups is 1. The van der Waals surface area contributed by atoms with Gasteiger partial charge in [-0.25, -0.2) is 9.97 Å². The normalized spacial score (nSPS) is 15.5. The Morgan fingerprint density at radius 3 is 2.56 bits per heavy atom. The first-order valence-corrected chi connectivity index (χ1v) is 9.05. The Morgan fingerprint density at radius 1 is 1.20 bits per heavy atom. The van der Waals surface area contributed by atoms with Gasteiger partial charge in [0.25, 0.3) is 0 Å². The minimum Gasteiger partial charge on any atom is -0.490 e. The summed E-state index contributed by atoms with van der Waals surface area (Å²) in [4.78, 5) is 10.7. The van der Waals surface area contributed by atoms with Crippen molar-refractivity contribution in [3.8, 4) is 5.75 Å². The van der Waals surface area contributed by atoms with E-state index < -0.39 is 0 Å². The maximum atomic E-state index is 9.29. The lowest BCUT2D eigenvalue weighted by Crippen LogP contribution is -2.39. The number of hydrogen-bond acceptors (Lipinski definition) is 5. The van der Waals surface area contributed by atoms with Gasteiger partial charge in [0.15, 0.2) is 5.82 Å². The molecule has 1 aliphatic rings. The number of benzene rings is 1. The summed E-state index contributed by atoms with van der Waals surface area (Å²) in [6.07, 6.45) is 1.90. The van der Waals surface area contributed by atoms with Crippen molar-refractivity contribution in [2.45, 2.75) is 39.4 Å². The SMILES string of the molecule is Cc1ccc(OC2CCN(c3nc(CO)nc(Cl)c3C)CC2)cc1Cl. The monoisotopic (exact) mass is 381 g/mol. The van der Waals surface area contributed by atoms with Gasteiger partial charge in [0.2, 0.25) is 0 Å². The third-order valence-corrected chi connectivity index (χ3v) is 5.21. The van der Waals surface area contributed by atoms with Gasteiger partial charge >= 0.3 is 0 Å². The van der Waals surface area contributed by atoms with E-state index in [1.165, 1.54) is 0 Å². The molecule has 1 aromatic heterocycles. The van der Waals surface area contributed by atoms with E-state index in [0.29, 0.717) is 11.0 Å². The molecule has 134 valence electrons. The van der Waals surface area contributed by atoms with Crippen LogP contribution in [0.15, 0.2) is 18.2 Å². The molecule has 2 heterocycles. The van der Waals surface area contributed by atoms with Crippen molar-refractivity contribution in [1.82, 2.24) is 9.97 Å². The Hall–Kier alpha value is -1.56. The third-order valence-electron chi connectivity index (χ3n) is 4.44. The summed E-state index contributed by atoms with van der Waals surface area (Å²) in [5.74, 6) is 1.94. The molecule has 0 amide bonds. The summed E-state index contributed by atoms with van der Waals surface area (Å²) in [5, 5.41) is 10.4. The van der Waals surface area contributed by atoms with Gasteiger partial charge in [-0.05, 0) is 31.5 Å². The molecule has 0 spiro atoms. The van der Waals surface area contributed by atoms with Gasteiger partial charge in [-0.2, -0.15) is 0 Å². The fourth-order valence-electron chi connectivity index (χ4n) is 2.92. The molecule has 1 aliphatic heterocycles. The highest BCUT2D eigenvalue weighted by Gasteiger charge is 2.24. The zero-order valence-electron chi connectivity index (χ0n) is 14.3. The highest BCUT2D eigenvalue weighted by atomic mass is 35.5. The number of piperidine rings is 1. The smallest absolute Gasteiger partial charge is 0.157 e. The molecule has 3 rings (SSSR count). The van der Waals surface area contributed by atoms with Crippen molar-refractivity contribution < 1.29 is 9.84 Å². The number of ether oxygens (including phenoxy) is 1. The highest BCUT2D eigenvalue weighted by molar-refractivity contribution is 6.31. The molecule has 0 radical (unpaired) electrons. The lowest BCUT2D eigenvalue weighted by atomic mass is 10.1. The first kappa shape index (κ1) is 18.2. The fraction of sp³-hybridized carbons (Fsp3) is 0.444. The molecule has 2 aromatic rings. The standard InChI is InChI=1S/C18H21Cl2N3O2/c1-11-3-4-14(9-15(11)19)25-13-5-7-23(8-6-13)18-12(2)17(20)21-16(10-24)22-18/h3-4,9,13,24H,5-8,10H2,1-2H3. The van der Waals surface area contributed by atoms with Crippen molar-refractivity contribution in [3.63, 3.8) is 0 Å². The predicted molar refractivity (Wildman–Crippen MR) is 99.8 cm³/mol. The van der Waals surface area contributed by atoms with Crippen LogP contribution in [0.4, 0.5) is 5.82 Å². The van der Waals surface area contributed by atoms with E-state index in [-0.39, 0.29) is 12.7 Å². The molecule has 0 saturated carbocycles. The van der Waals surface area contributed by atoms with Crippen molar-refractivity contribution in [2.75, 3.05) is 18.0 Å². The van der Waals surface area contributed by atoms with Crippen LogP contribution in [-0.4, -0.2) is 34.3 Å². The Kier molecular flexibility index (Phi) is 5.67. The van der Waals surface area contributed by atoms with Crippen LogP contribution in [0.2, 0.25) is 10.2 Å². The first-order valence-electron chi connectivity index (χ1n) is 8.29. The molecule has 1 N–H and O–H groups in total. The molecular formula is C18H21Cl2N3O2. The van der Waals surface area contributed by atoms with Gasteiger partial charge in [-0.1, -0.05) is 29.3 Å². The zero-order chi connectivity index (χ0) is 18.0. The van der Waals surface area contributed by atoms with Crippen LogP contribution < -0.4 is 9.64 Å². The number of rotatable bonds is 4. The van der Waals surface area contributed by atoms with Crippen molar-refractivity contribution in [2.24, 2.45) is 0 Å². The van der Waals surface area contributed by atoms with Crippen molar-refractivity contribution in [1.29, 1.82) is 0 Å². The number of halogens is 2. The summed E-state index contributed by atoms with van der Waals surface area (Å²) in [6.45, 7) is 5.27. The minimum absolute atomic E-state index is 0.143. The second kappa shape index (κ2) is 7.77. The summed E-state index contributed by atoms with van der Waals surface area (Å²) in [7, 11) is 0. The van der Waals surface area contributed by atoms with Gasteiger partial charge in [-0.3, -0.25) is 0 Å². The van der Waals surface area contributed by atoms with Crippen LogP contribution in [0.3, 0.4) is 0 Å². The molecular weight excluding hydrogens is 361 g/mol. The lowest BCUT2D eigenvalue weighted by molar-refractivity contribution is 0.170. The molecule has 0 unspecified atom stereocenters. The van der Waals surface area contributed by atoms with E-state index in [9.17, 15) is 5.11 Å². The van der Waals surface area contributed by atoms with E-state index in [2.05, 4.69) is 14.9 Å². The number of aryl methyl sites for hydroxylation is 1. The van der Waals surface area contributed by atoms with Gasteiger partial charge < -0.3 is 14.7 Å². The fourth-order valence-corrected chi connectivity index (χ4v) is 3.28. The average molecular weight is 382 g/mol. The third kappa shape index (κ3) is 4.17. The van der Waals surface area contributed by atoms with Crippen LogP contribution >= 0.6 is 23.2 Å². The number of aromatic nitrogens is 2. The van der Waals surface area contributed by atoms with Gasteiger partial charge in [-0.15, -0.1) is 0 Å². The number of aliphatic hydroxyl groups excluding tert-OH is 1. The molecule has 7 heteroatoms. The number of anilines is 1. The maximum Gasteiger partial charge on any atom is 0.157 e. The molecule has 25 heavy (non-hydrogen) atoms. The van der Waals surface area contributed by atoms with Crippen LogP contribution in [0, 0.1) is 13.8 Å². The van der Waals surface area contributed by atoms with Crippen LogP contribution in [0.5, 0.6) is 5.75 Å². The zero-order valence-corrected chi connectivity index (χ0v) is 15.8. The van der Waals surface area contributed by atoms with E-state index in [4.69, 9.17) is 27.9 Å². The Morgan fingerprint density at radius 2 is 1.92 bits per heavy atom. The average Bonchev–Trinajstić information content (AvgIpc) is 2.61. The summed E-state index contributed by atoms with van der Waals surface area (Å²) in [5.41, 5.74) is 1.88. The molecule has 0 bridgehead atoms. The van der Waals surface area contributed by atoms with Crippen LogP contribution in [-0.2, 0) is 6.61 Å². The minimum atomic E-state index is -0.221. The van der Waals surface area contributed by atoms with Crippen LogP contribution in [0.1, 0.15) is 29.8 Å². The second-order valence-corrected chi connectivity index (χ2v) is 7.02. The van der Waals surface area contributed by atoms with Gasteiger partial charge in [0, 0.05) is 36.5 Å². The largest absolute Gasteiger partial charge is 0.490 e. The molecule has 1 fully saturated rings. The van der Waals surface area contributed by atoms with E-state index >= 15 is 0 Å². The summed E-state index contributed by atoms with van der Waals surface area (Å²) in [6, 6.07) is 5.79. The maximum absolute atomic E-state index is 9.29. The molecule has 1 saturated heterocycles. The first-order chi connectivity index (χ1) is 12.0. The Bertz CT molecular complexity index is 762. The highest BCUT2D eigenvalue weighted by Crippen LogP contribution is 2.28. The van der Waals surface area contributed by atoms with Crippen LogP contribution in [0.25, 0.3) is 0 Å². The quantitative estimate of drug-likeness (QED) is 0.812. The topological polar surface area (TPSA) is 58.5 Å². The van der Waals surface area contributed by atoms with E-state index in [1.807, 2.05) is 32.0 Å². The summed E-state index contributed by atoms with van der Waals surface area (Å²) >= 11 is 12.3. The van der Waals surface area contributed by atoms with Crippen molar-refractivity contribution in [3.05, 3.63) is 45.3 Å². The summed E-state index contributed by atoms with van der Waals surface area (Å²) < 4.78 is 6.06. The molecule has 0 atom stereocenters. The van der Waals surface area contributed by atoms with E-state index in [1.54, 1.807) is 0 Å². The van der Waals surface area contributed by atoms with E-state index in [0.717, 1.165) is 53.6 Å².